The number of aliphatic hydroxyl groups is 1. The highest BCUT2D eigenvalue weighted by Crippen LogP contribution is 2.04. The van der Waals surface area contributed by atoms with Gasteiger partial charge >= 0.3 is 0 Å². The maximum Gasteiger partial charge on any atom is 0.0724 e. The first kappa shape index (κ1) is 6.56. The van der Waals surface area contributed by atoms with E-state index >= 15 is 0 Å². The van der Waals surface area contributed by atoms with Crippen LogP contribution in [0.2, 0.25) is 0 Å². The molecule has 1 aliphatic carbocycles. The summed E-state index contributed by atoms with van der Waals surface area (Å²) in [5.41, 5.74) is 0. The quantitative estimate of drug-likeness (QED) is 0.487. The zero-order valence-electron chi connectivity index (χ0n) is 5.46. The van der Waals surface area contributed by atoms with Crippen molar-refractivity contribution in [2.24, 2.45) is 0 Å². The summed E-state index contributed by atoms with van der Waals surface area (Å²) in [4.78, 5) is 0. The normalized spacial score (nSPS) is 34.6. The van der Waals surface area contributed by atoms with Crippen molar-refractivity contribution in [3.63, 3.8) is 0 Å². The number of hydrogen-bond acceptors (Lipinski definition) is 1. The Labute approximate surface area is 55.7 Å². The minimum absolute atomic E-state index is 0.213. The van der Waals surface area contributed by atoms with Gasteiger partial charge in [0, 0.05) is 0 Å². The van der Waals surface area contributed by atoms with Crippen LogP contribution >= 0.6 is 0 Å². The van der Waals surface area contributed by atoms with E-state index in [1.807, 2.05) is 12.2 Å². The van der Waals surface area contributed by atoms with Gasteiger partial charge in [-0.1, -0.05) is 24.3 Å². The number of allylic oxidation sites excluding steroid dienone is 3. The van der Waals surface area contributed by atoms with E-state index in [-0.39, 0.29) is 6.10 Å². The lowest BCUT2D eigenvalue weighted by Crippen LogP contribution is -2.01. The zero-order valence-corrected chi connectivity index (χ0v) is 5.46. The van der Waals surface area contributed by atoms with Crippen LogP contribution in [-0.4, -0.2) is 11.2 Å². The van der Waals surface area contributed by atoms with Gasteiger partial charge in [0.25, 0.3) is 0 Å². The molecule has 50 valence electrons. The summed E-state index contributed by atoms with van der Waals surface area (Å²) in [6.45, 7) is 0. The largest absolute Gasteiger partial charge is 0.389 e. The molecule has 0 fully saturated rings. The predicted molar refractivity (Wildman–Crippen MR) is 38.1 cm³/mol. The first-order valence-corrected chi connectivity index (χ1v) is 3.39. The molecule has 0 unspecified atom stereocenters. The summed E-state index contributed by atoms with van der Waals surface area (Å²) in [6, 6.07) is 0. The molecule has 9 heavy (non-hydrogen) atoms. The lowest BCUT2D eigenvalue weighted by molar-refractivity contribution is 0.213. The Kier molecular flexibility index (Phi) is 2.52. The second-order valence-corrected chi connectivity index (χ2v) is 2.28. The van der Waals surface area contributed by atoms with Crippen molar-refractivity contribution in [2.45, 2.75) is 25.4 Å². The molecule has 0 bridgehead atoms. The molecule has 1 rings (SSSR count). The molecule has 0 aromatic heterocycles. The molecule has 0 amide bonds. The molecule has 0 saturated heterocycles. The van der Waals surface area contributed by atoms with E-state index in [0.717, 1.165) is 19.3 Å². The van der Waals surface area contributed by atoms with E-state index in [0.29, 0.717) is 0 Å². The molecular formula is C8H12O. The van der Waals surface area contributed by atoms with Crippen LogP contribution in [0.5, 0.6) is 0 Å². The lowest BCUT2D eigenvalue weighted by atomic mass is 10.1. The van der Waals surface area contributed by atoms with E-state index in [1.54, 1.807) is 0 Å². The van der Waals surface area contributed by atoms with Crippen LogP contribution in [0.15, 0.2) is 24.3 Å². The molecule has 0 aromatic rings. The molecule has 1 aliphatic rings. The molecule has 0 aromatic carbocycles. The average molecular weight is 124 g/mol. The number of rotatable bonds is 0. The Bertz CT molecular complexity index is 125. The minimum Gasteiger partial charge on any atom is -0.389 e. The van der Waals surface area contributed by atoms with Crippen molar-refractivity contribution in [3.8, 4) is 0 Å². The first-order chi connectivity index (χ1) is 4.39. The molecule has 0 heterocycles. The molecule has 1 atom stereocenters. The van der Waals surface area contributed by atoms with Gasteiger partial charge in [0.2, 0.25) is 0 Å². The van der Waals surface area contributed by atoms with Crippen molar-refractivity contribution in [1.82, 2.24) is 0 Å². The van der Waals surface area contributed by atoms with Crippen molar-refractivity contribution in [3.05, 3.63) is 24.3 Å². The molecule has 0 aliphatic heterocycles. The maximum absolute atomic E-state index is 9.09. The van der Waals surface area contributed by atoms with Crippen LogP contribution in [0.4, 0.5) is 0 Å². The van der Waals surface area contributed by atoms with Gasteiger partial charge in [-0.05, 0) is 19.3 Å². The third-order valence-corrected chi connectivity index (χ3v) is 1.43. The first-order valence-electron chi connectivity index (χ1n) is 3.39. The van der Waals surface area contributed by atoms with Crippen LogP contribution in [-0.2, 0) is 0 Å². The summed E-state index contributed by atoms with van der Waals surface area (Å²) in [5, 5.41) is 9.09. The molecule has 1 nitrogen and oxygen atoms in total. The Balaban J connectivity index is 2.40. The summed E-state index contributed by atoms with van der Waals surface area (Å²) in [5.74, 6) is 0. The van der Waals surface area contributed by atoms with Crippen molar-refractivity contribution >= 4 is 0 Å². The van der Waals surface area contributed by atoms with Crippen LogP contribution in [0.1, 0.15) is 19.3 Å². The molecule has 0 radical (unpaired) electrons. The Morgan fingerprint density at radius 2 is 2.11 bits per heavy atom. The van der Waals surface area contributed by atoms with Gasteiger partial charge < -0.3 is 5.11 Å². The monoisotopic (exact) mass is 124 g/mol. The van der Waals surface area contributed by atoms with Gasteiger partial charge in [0.1, 0.15) is 0 Å². The van der Waals surface area contributed by atoms with Crippen LogP contribution < -0.4 is 0 Å². The van der Waals surface area contributed by atoms with Crippen molar-refractivity contribution < 1.29 is 5.11 Å². The molecule has 1 N–H and O–H groups in total. The van der Waals surface area contributed by atoms with Gasteiger partial charge in [-0.15, -0.1) is 0 Å². The fourth-order valence-corrected chi connectivity index (χ4v) is 0.892. The van der Waals surface area contributed by atoms with E-state index in [4.69, 9.17) is 5.11 Å². The topological polar surface area (TPSA) is 20.2 Å². The molecule has 0 saturated carbocycles. The van der Waals surface area contributed by atoms with E-state index in [1.165, 1.54) is 0 Å². The summed E-state index contributed by atoms with van der Waals surface area (Å²) in [7, 11) is 0. The van der Waals surface area contributed by atoms with Crippen molar-refractivity contribution in [1.29, 1.82) is 0 Å². The SMILES string of the molecule is O[C@H]1/C=C\C/C=C\CC1. The Morgan fingerprint density at radius 1 is 1.22 bits per heavy atom. The molecular weight excluding hydrogens is 112 g/mol. The summed E-state index contributed by atoms with van der Waals surface area (Å²) >= 11 is 0. The zero-order chi connectivity index (χ0) is 6.53. The highest BCUT2D eigenvalue weighted by Gasteiger charge is 1.96. The standard InChI is InChI=1S/C8H12O/c9-8-6-4-2-1-3-5-7-8/h1-2,5,7-9H,3-4,6H2/b2-1-,7-5-/t8-/m1/s1. The molecule has 0 spiro atoms. The second kappa shape index (κ2) is 3.46. The third kappa shape index (κ3) is 2.47. The number of aliphatic hydroxyl groups excluding tert-OH is 1. The van der Waals surface area contributed by atoms with Gasteiger partial charge in [0.05, 0.1) is 6.10 Å². The van der Waals surface area contributed by atoms with Crippen LogP contribution in [0.3, 0.4) is 0 Å². The predicted octanol–water partition coefficient (Wildman–Crippen LogP) is 1.64. The van der Waals surface area contributed by atoms with Gasteiger partial charge in [0.15, 0.2) is 0 Å². The fraction of sp³-hybridized carbons (Fsp3) is 0.500. The molecule has 1 heteroatoms. The summed E-state index contributed by atoms with van der Waals surface area (Å²) in [6.07, 6.45) is 10.7. The third-order valence-electron chi connectivity index (χ3n) is 1.43. The maximum atomic E-state index is 9.09. The van der Waals surface area contributed by atoms with Crippen LogP contribution in [0, 0.1) is 0 Å². The number of hydrogen-bond donors (Lipinski definition) is 1. The fourth-order valence-electron chi connectivity index (χ4n) is 0.892. The van der Waals surface area contributed by atoms with Gasteiger partial charge in [-0.25, -0.2) is 0 Å². The average Bonchev–Trinajstić information content (AvgIpc) is 1.79. The summed E-state index contributed by atoms with van der Waals surface area (Å²) < 4.78 is 0. The lowest BCUT2D eigenvalue weighted by Gasteiger charge is -2.03. The Morgan fingerprint density at radius 3 is 3.00 bits per heavy atom. The van der Waals surface area contributed by atoms with Crippen molar-refractivity contribution in [2.75, 3.05) is 0 Å². The second-order valence-electron chi connectivity index (χ2n) is 2.28. The van der Waals surface area contributed by atoms with E-state index in [2.05, 4.69) is 12.2 Å². The van der Waals surface area contributed by atoms with Gasteiger partial charge in [-0.3, -0.25) is 0 Å². The van der Waals surface area contributed by atoms with Gasteiger partial charge in [-0.2, -0.15) is 0 Å². The highest BCUT2D eigenvalue weighted by molar-refractivity contribution is 4.99. The van der Waals surface area contributed by atoms with Crippen LogP contribution in [0.25, 0.3) is 0 Å². The van der Waals surface area contributed by atoms with E-state index in [9.17, 15) is 0 Å². The highest BCUT2D eigenvalue weighted by atomic mass is 16.3. The van der Waals surface area contributed by atoms with E-state index < -0.39 is 0 Å². The smallest absolute Gasteiger partial charge is 0.0724 e. The minimum atomic E-state index is -0.213. The Hall–Kier alpha value is -0.560.